The van der Waals surface area contributed by atoms with Gasteiger partial charge in [-0.25, -0.2) is 4.79 Å². The van der Waals surface area contributed by atoms with Gasteiger partial charge in [-0.2, -0.15) is 4.89 Å². The first-order valence-corrected chi connectivity index (χ1v) is 7.86. The summed E-state index contributed by atoms with van der Waals surface area (Å²) in [5.74, 6) is 0.190. The third kappa shape index (κ3) is 4.57. The van der Waals surface area contributed by atoms with Gasteiger partial charge in [0.1, 0.15) is 6.10 Å². The van der Waals surface area contributed by atoms with E-state index in [1.54, 1.807) is 12.1 Å². The maximum absolute atomic E-state index is 12.0. The second-order valence-corrected chi connectivity index (χ2v) is 7.05. The highest BCUT2D eigenvalue weighted by atomic mass is 17.2. The Balaban J connectivity index is 1.88. The number of carbonyl (C=O) groups excluding carboxylic acids is 1. The first-order chi connectivity index (χ1) is 9.89. The molecule has 2 rings (SSSR count). The predicted octanol–water partition coefficient (Wildman–Crippen LogP) is 4.55. The van der Waals surface area contributed by atoms with Crippen molar-refractivity contribution in [1.82, 2.24) is 0 Å². The summed E-state index contributed by atoms with van der Waals surface area (Å²) in [6.07, 6.45) is 4.04. The summed E-state index contributed by atoms with van der Waals surface area (Å²) >= 11 is 0. The van der Waals surface area contributed by atoms with Crippen LogP contribution in [0.25, 0.3) is 0 Å². The van der Waals surface area contributed by atoms with E-state index in [0.29, 0.717) is 11.5 Å². The third-order valence-electron chi connectivity index (χ3n) is 4.20. The molecule has 1 fully saturated rings. The number of benzene rings is 1. The highest BCUT2D eigenvalue weighted by Crippen LogP contribution is 2.39. The molecule has 0 spiro atoms. The molecule has 2 unspecified atom stereocenters. The molecule has 0 aromatic heterocycles. The largest absolute Gasteiger partial charge is 0.373 e. The summed E-state index contributed by atoms with van der Waals surface area (Å²) in [4.78, 5) is 22.4. The molecule has 1 aromatic carbocycles. The summed E-state index contributed by atoms with van der Waals surface area (Å²) < 4.78 is 0. The van der Waals surface area contributed by atoms with E-state index in [1.807, 2.05) is 12.1 Å². The molecule has 0 aliphatic heterocycles. The Labute approximate surface area is 127 Å². The smallest absolute Gasteiger partial charge is 0.293 e. The van der Waals surface area contributed by atoms with Crippen LogP contribution in [-0.2, 0) is 16.2 Å². The lowest BCUT2D eigenvalue weighted by atomic mass is 9.71. The van der Waals surface area contributed by atoms with Gasteiger partial charge in [0.2, 0.25) is 0 Å². The molecule has 3 heteroatoms. The van der Waals surface area contributed by atoms with Crippen molar-refractivity contribution >= 4 is 5.97 Å². The van der Waals surface area contributed by atoms with Crippen molar-refractivity contribution in [2.45, 2.75) is 59.5 Å². The monoisotopic (exact) mass is 290 g/mol. The molecule has 1 aliphatic rings. The predicted molar refractivity (Wildman–Crippen MR) is 82.9 cm³/mol. The van der Waals surface area contributed by atoms with Crippen molar-refractivity contribution in [1.29, 1.82) is 0 Å². The molecule has 3 nitrogen and oxygen atoms in total. The number of hydrogen-bond acceptors (Lipinski definition) is 3. The zero-order chi connectivity index (χ0) is 15.5. The SMILES string of the molecule is CCc1ccc(C(=O)OOC2CC(C)CC(C)(C)C2)cc1. The lowest BCUT2D eigenvalue weighted by Gasteiger charge is -2.37. The van der Waals surface area contributed by atoms with E-state index >= 15 is 0 Å². The Kier molecular flexibility index (Phi) is 5.04. The van der Waals surface area contributed by atoms with Crippen molar-refractivity contribution in [2.75, 3.05) is 0 Å². The van der Waals surface area contributed by atoms with Crippen molar-refractivity contribution in [3.05, 3.63) is 35.4 Å². The van der Waals surface area contributed by atoms with Crippen molar-refractivity contribution in [2.24, 2.45) is 11.3 Å². The molecule has 0 N–H and O–H groups in total. The first kappa shape index (κ1) is 16.0. The van der Waals surface area contributed by atoms with Gasteiger partial charge in [0, 0.05) is 0 Å². The van der Waals surface area contributed by atoms with Gasteiger partial charge in [-0.05, 0) is 54.7 Å². The minimum absolute atomic E-state index is 0.00242. The van der Waals surface area contributed by atoms with Gasteiger partial charge in [-0.15, -0.1) is 0 Å². The molecule has 21 heavy (non-hydrogen) atoms. The zero-order valence-corrected chi connectivity index (χ0v) is 13.5. The Bertz CT molecular complexity index is 476. The van der Waals surface area contributed by atoms with Gasteiger partial charge in [0.25, 0.3) is 0 Å². The maximum Gasteiger partial charge on any atom is 0.373 e. The molecular formula is C18H26O3. The average Bonchev–Trinajstić information content (AvgIpc) is 2.43. The fourth-order valence-corrected chi connectivity index (χ4v) is 3.37. The van der Waals surface area contributed by atoms with Gasteiger partial charge in [-0.1, -0.05) is 39.8 Å². The fourth-order valence-electron chi connectivity index (χ4n) is 3.37. The zero-order valence-electron chi connectivity index (χ0n) is 13.5. The molecule has 1 aliphatic carbocycles. The van der Waals surface area contributed by atoms with E-state index in [0.717, 1.165) is 19.3 Å². The Morgan fingerprint density at radius 3 is 2.48 bits per heavy atom. The first-order valence-electron chi connectivity index (χ1n) is 7.86. The summed E-state index contributed by atoms with van der Waals surface area (Å²) in [5.41, 5.74) is 1.99. The number of rotatable bonds is 4. The van der Waals surface area contributed by atoms with Gasteiger partial charge < -0.3 is 0 Å². The second-order valence-electron chi connectivity index (χ2n) is 7.05. The number of hydrogen-bond donors (Lipinski definition) is 0. The minimum Gasteiger partial charge on any atom is -0.293 e. The third-order valence-corrected chi connectivity index (χ3v) is 4.20. The fraction of sp³-hybridized carbons (Fsp3) is 0.611. The van der Waals surface area contributed by atoms with E-state index in [4.69, 9.17) is 9.78 Å². The normalized spacial score (nSPS) is 24.6. The van der Waals surface area contributed by atoms with Gasteiger partial charge in [-0.3, -0.25) is 4.89 Å². The topological polar surface area (TPSA) is 35.5 Å². The Morgan fingerprint density at radius 2 is 1.90 bits per heavy atom. The van der Waals surface area contributed by atoms with Crippen LogP contribution in [0.5, 0.6) is 0 Å². The summed E-state index contributed by atoms with van der Waals surface area (Å²) in [6, 6.07) is 7.47. The van der Waals surface area contributed by atoms with Crippen molar-refractivity contribution in [3.63, 3.8) is 0 Å². The van der Waals surface area contributed by atoms with Crippen LogP contribution < -0.4 is 0 Å². The average molecular weight is 290 g/mol. The quantitative estimate of drug-likeness (QED) is 0.602. The summed E-state index contributed by atoms with van der Waals surface area (Å²) in [6.45, 7) is 8.79. The van der Waals surface area contributed by atoms with E-state index < -0.39 is 5.97 Å². The van der Waals surface area contributed by atoms with Crippen molar-refractivity contribution in [3.8, 4) is 0 Å². The molecule has 1 saturated carbocycles. The molecular weight excluding hydrogens is 264 g/mol. The second kappa shape index (κ2) is 6.61. The highest BCUT2D eigenvalue weighted by molar-refractivity contribution is 5.88. The molecule has 1 aromatic rings. The summed E-state index contributed by atoms with van der Waals surface area (Å²) in [5, 5.41) is 0. The molecule has 116 valence electrons. The van der Waals surface area contributed by atoms with Crippen LogP contribution in [0.3, 0.4) is 0 Å². The van der Waals surface area contributed by atoms with Crippen LogP contribution in [0, 0.1) is 11.3 Å². The van der Waals surface area contributed by atoms with Crippen LogP contribution in [-0.4, -0.2) is 12.1 Å². The van der Waals surface area contributed by atoms with E-state index in [-0.39, 0.29) is 11.5 Å². The van der Waals surface area contributed by atoms with Crippen LogP contribution in [0.15, 0.2) is 24.3 Å². The number of carbonyl (C=O) groups is 1. The molecule has 0 amide bonds. The standard InChI is InChI=1S/C18H26O3/c1-5-14-6-8-15(9-7-14)17(19)21-20-16-10-13(2)11-18(3,4)12-16/h6-9,13,16H,5,10-12H2,1-4H3. The van der Waals surface area contributed by atoms with Crippen molar-refractivity contribution < 1.29 is 14.6 Å². The molecule has 0 heterocycles. The van der Waals surface area contributed by atoms with Crippen LogP contribution in [0.4, 0.5) is 0 Å². The lowest BCUT2D eigenvalue weighted by Crippen LogP contribution is -2.33. The van der Waals surface area contributed by atoms with Gasteiger partial charge in [0.15, 0.2) is 0 Å². The summed E-state index contributed by atoms with van der Waals surface area (Å²) in [7, 11) is 0. The lowest BCUT2D eigenvalue weighted by molar-refractivity contribution is -0.287. The van der Waals surface area contributed by atoms with Crippen LogP contribution >= 0.6 is 0 Å². The Hall–Kier alpha value is -1.35. The van der Waals surface area contributed by atoms with Crippen LogP contribution in [0.1, 0.15) is 62.9 Å². The highest BCUT2D eigenvalue weighted by Gasteiger charge is 2.33. The molecule has 0 bridgehead atoms. The molecule has 0 radical (unpaired) electrons. The van der Waals surface area contributed by atoms with Crippen LogP contribution in [0.2, 0.25) is 0 Å². The number of aryl methyl sites for hydroxylation is 1. The van der Waals surface area contributed by atoms with Gasteiger partial charge in [0.05, 0.1) is 5.56 Å². The maximum atomic E-state index is 12.0. The molecule has 2 atom stereocenters. The molecule has 0 saturated heterocycles. The van der Waals surface area contributed by atoms with E-state index in [2.05, 4.69) is 27.7 Å². The minimum atomic E-state index is -0.409. The van der Waals surface area contributed by atoms with E-state index in [9.17, 15) is 4.79 Å². The van der Waals surface area contributed by atoms with E-state index in [1.165, 1.54) is 12.0 Å². The van der Waals surface area contributed by atoms with Gasteiger partial charge >= 0.3 is 5.97 Å². The Morgan fingerprint density at radius 1 is 1.24 bits per heavy atom.